The van der Waals surface area contributed by atoms with E-state index in [1.165, 1.54) is 11.1 Å². The first kappa shape index (κ1) is 17.5. The van der Waals surface area contributed by atoms with Gasteiger partial charge in [0.25, 0.3) is 0 Å². The van der Waals surface area contributed by atoms with Crippen LogP contribution in [0.3, 0.4) is 0 Å². The summed E-state index contributed by atoms with van der Waals surface area (Å²) in [5.74, 6) is 3.23. The van der Waals surface area contributed by atoms with Crippen LogP contribution in [0.1, 0.15) is 48.0 Å². The average Bonchev–Trinajstić information content (AvgIpc) is 3.24. The van der Waals surface area contributed by atoms with Crippen molar-refractivity contribution in [3.63, 3.8) is 0 Å². The number of aryl methyl sites for hydroxylation is 1. The summed E-state index contributed by atoms with van der Waals surface area (Å²) < 4.78 is 5.49. The van der Waals surface area contributed by atoms with Crippen LogP contribution < -0.4 is 10.1 Å². The molecule has 1 fully saturated rings. The van der Waals surface area contributed by atoms with Gasteiger partial charge in [-0.15, -0.1) is 0 Å². The summed E-state index contributed by atoms with van der Waals surface area (Å²) in [6.07, 6.45) is 4.61. The number of hydrogen-bond donors (Lipinski definition) is 3. The van der Waals surface area contributed by atoms with Crippen molar-refractivity contribution in [3.8, 4) is 5.75 Å². The number of fused-ring (bicyclic) bond motifs is 1. The first-order valence-corrected chi connectivity index (χ1v) is 9.59. The Bertz CT molecular complexity index is 760. The number of aliphatic hydroxyl groups excluding tert-OH is 1. The first-order valence-electron chi connectivity index (χ1n) is 9.59. The molecule has 0 aliphatic heterocycles. The van der Waals surface area contributed by atoms with E-state index < -0.39 is 0 Å². The van der Waals surface area contributed by atoms with Gasteiger partial charge in [0.1, 0.15) is 11.6 Å². The minimum atomic E-state index is -0.276. The number of ether oxygens (including phenoxy) is 1. The summed E-state index contributed by atoms with van der Waals surface area (Å²) in [5.41, 5.74) is 2.74. The second-order valence-corrected chi connectivity index (χ2v) is 7.72. The number of benzene rings is 1. The SMILES string of the molecule is COc1cccc2c1CCC(NC[C@H]1C[C@H](c3n[nH]c(C)n3)C[C@H]1O)C2. The summed E-state index contributed by atoms with van der Waals surface area (Å²) in [6, 6.07) is 6.79. The van der Waals surface area contributed by atoms with Gasteiger partial charge >= 0.3 is 0 Å². The molecule has 1 saturated carbocycles. The zero-order valence-corrected chi connectivity index (χ0v) is 15.5. The molecule has 6 heteroatoms. The van der Waals surface area contributed by atoms with E-state index in [-0.39, 0.29) is 17.9 Å². The number of H-pyrrole nitrogens is 1. The van der Waals surface area contributed by atoms with Crippen LogP contribution >= 0.6 is 0 Å². The van der Waals surface area contributed by atoms with Crippen molar-refractivity contribution in [2.75, 3.05) is 13.7 Å². The third-order valence-corrected chi connectivity index (χ3v) is 5.96. The molecular formula is C20H28N4O2. The third-order valence-electron chi connectivity index (χ3n) is 5.96. The molecule has 0 radical (unpaired) electrons. The van der Waals surface area contributed by atoms with Gasteiger partial charge in [-0.3, -0.25) is 5.10 Å². The van der Waals surface area contributed by atoms with Gasteiger partial charge in [0.05, 0.1) is 13.2 Å². The zero-order chi connectivity index (χ0) is 18.1. The Morgan fingerprint density at radius 1 is 1.35 bits per heavy atom. The van der Waals surface area contributed by atoms with Crippen LogP contribution in [-0.2, 0) is 12.8 Å². The lowest BCUT2D eigenvalue weighted by Crippen LogP contribution is -2.39. The van der Waals surface area contributed by atoms with Crippen LogP contribution in [0, 0.1) is 12.8 Å². The maximum absolute atomic E-state index is 10.5. The van der Waals surface area contributed by atoms with Gasteiger partial charge in [0, 0.05) is 18.5 Å². The number of rotatable bonds is 5. The van der Waals surface area contributed by atoms with E-state index in [1.54, 1.807) is 7.11 Å². The molecule has 2 aliphatic carbocycles. The van der Waals surface area contributed by atoms with Gasteiger partial charge in [-0.25, -0.2) is 4.98 Å². The van der Waals surface area contributed by atoms with E-state index in [0.717, 1.165) is 56.0 Å². The molecule has 2 aromatic rings. The highest BCUT2D eigenvalue weighted by Crippen LogP contribution is 2.37. The zero-order valence-electron chi connectivity index (χ0n) is 15.5. The lowest BCUT2D eigenvalue weighted by atomic mass is 9.87. The summed E-state index contributed by atoms with van der Waals surface area (Å²) >= 11 is 0. The standard InChI is InChI=1S/C20H28N4O2/c1-12-22-20(24-23-12)14-8-15(18(25)10-14)11-21-16-6-7-17-13(9-16)4-3-5-19(17)26-2/h3-5,14-16,18,21,25H,6-11H2,1-2H3,(H,22,23,24)/t14-,15+,16?,18+/m0/s1. The second-order valence-electron chi connectivity index (χ2n) is 7.72. The molecule has 26 heavy (non-hydrogen) atoms. The molecule has 2 aliphatic rings. The second kappa shape index (κ2) is 7.37. The number of nitrogens with zero attached hydrogens (tertiary/aromatic N) is 2. The van der Waals surface area contributed by atoms with E-state index in [1.807, 2.05) is 13.0 Å². The van der Waals surface area contributed by atoms with E-state index in [9.17, 15) is 5.11 Å². The normalized spacial score (nSPS) is 28.1. The highest BCUT2D eigenvalue weighted by molar-refractivity contribution is 5.42. The van der Waals surface area contributed by atoms with Crippen LogP contribution in [0.5, 0.6) is 5.75 Å². The van der Waals surface area contributed by atoms with Crippen molar-refractivity contribution in [1.29, 1.82) is 0 Å². The fourth-order valence-corrected chi connectivity index (χ4v) is 4.53. The molecule has 1 heterocycles. The van der Waals surface area contributed by atoms with E-state index in [2.05, 4.69) is 32.6 Å². The monoisotopic (exact) mass is 356 g/mol. The van der Waals surface area contributed by atoms with Gasteiger partial charge in [0.15, 0.2) is 5.82 Å². The van der Waals surface area contributed by atoms with Crippen molar-refractivity contribution < 1.29 is 9.84 Å². The van der Waals surface area contributed by atoms with Crippen molar-refractivity contribution in [2.45, 2.75) is 57.1 Å². The Kier molecular flexibility index (Phi) is 4.96. The Hall–Kier alpha value is -1.92. The van der Waals surface area contributed by atoms with Crippen LogP contribution in [0.2, 0.25) is 0 Å². The summed E-state index contributed by atoms with van der Waals surface area (Å²) in [6.45, 7) is 2.77. The van der Waals surface area contributed by atoms with E-state index in [0.29, 0.717) is 6.04 Å². The molecule has 140 valence electrons. The quantitative estimate of drug-likeness (QED) is 0.764. The molecule has 1 aromatic carbocycles. The lowest BCUT2D eigenvalue weighted by Gasteiger charge is -2.28. The fourth-order valence-electron chi connectivity index (χ4n) is 4.53. The molecule has 1 unspecified atom stereocenters. The van der Waals surface area contributed by atoms with Gasteiger partial charge in [-0.05, 0) is 62.1 Å². The van der Waals surface area contributed by atoms with Crippen LogP contribution in [0.15, 0.2) is 18.2 Å². The summed E-state index contributed by atoms with van der Waals surface area (Å²) in [5, 5.41) is 21.3. The molecule has 0 bridgehead atoms. The highest BCUT2D eigenvalue weighted by atomic mass is 16.5. The predicted octanol–water partition coefficient (Wildman–Crippen LogP) is 2.12. The number of aliphatic hydroxyl groups is 1. The maximum Gasteiger partial charge on any atom is 0.153 e. The predicted molar refractivity (Wildman–Crippen MR) is 99.4 cm³/mol. The summed E-state index contributed by atoms with van der Waals surface area (Å²) in [7, 11) is 1.74. The van der Waals surface area contributed by atoms with Crippen LogP contribution in [0.4, 0.5) is 0 Å². The number of aromatic amines is 1. The molecular weight excluding hydrogens is 328 g/mol. The molecule has 3 N–H and O–H groups in total. The van der Waals surface area contributed by atoms with Crippen molar-refractivity contribution in [2.24, 2.45) is 5.92 Å². The largest absolute Gasteiger partial charge is 0.496 e. The average molecular weight is 356 g/mol. The molecule has 4 rings (SSSR count). The minimum Gasteiger partial charge on any atom is -0.496 e. The number of nitrogens with one attached hydrogen (secondary N) is 2. The van der Waals surface area contributed by atoms with Gasteiger partial charge in [-0.1, -0.05) is 12.1 Å². The first-order chi connectivity index (χ1) is 12.6. The van der Waals surface area contributed by atoms with E-state index >= 15 is 0 Å². The Labute approximate surface area is 154 Å². The van der Waals surface area contributed by atoms with Gasteiger partial charge < -0.3 is 15.2 Å². The fraction of sp³-hybridized carbons (Fsp3) is 0.600. The topological polar surface area (TPSA) is 83.1 Å². The highest BCUT2D eigenvalue weighted by Gasteiger charge is 2.36. The molecule has 1 aromatic heterocycles. The van der Waals surface area contributed by atoms with Crippen LogP contribution in [0.25, 0.3) is 0 Å². The van der Waals surface area contributed by atoms with Gasteiger partial charge in [-0.2, -0.15) is 5.10 Å². The molecule has 0 amide bonds. The Morgan fingerprint density at radius 2 is 2.23 bits per heavy atom. The maximum atomic E-state index is 10.5. The van der Waals surface area contributed by atoms with Crippen molar-refractivity contribution in [3.05, 3.63) is 41.0 Å². The summed E-state index contributed by atoms with van der Waals surface area (Å²) in [4.78, 5) is 4.44. The van der Waals surface area contributed by atoms with E-state index in [4.69, 9.17) is 4.74 Å². The molecule has 0 spiro atoms. The smallest absolute Gasteiger partial charge is 0.153 e. The number of methoxy groups -OCH3 is 1. The van der Waals surface area contributed by atoms with Gasteiger partial charge in [0.2, 0.25) is 0 Å². The minimum absolute atomic E-state index is 0.262. The number of aromatic nitrogens is 3. The molecule has 4 atom stereocenters. The van der Waals surface area contributed by atoms with Crippen molar-refractivity contribution >= 4 is 0 Å². The third kappa shape index (κ3) is 3.48. The molecule has 6 nitrogen and oxygen atoms in total. The van der Waals surface area contributed by atoms with Crippen LogP contribution in [-0.4, -0.2) is 46.1 Å². The Balaban J connectivity index is 1.33. The molecule has 0 saturated heterocycles. The Morgan fingerprint density at radius 3 is 3.00 bits per heavy atom. The number of hydrogen-bond acceptors (Lipinski definition) is 5. The lowest BCUT2D eigenvalue weighted by molar-refractivity contribution is 0.129. The van der Waals surface area contributed by atoms with Crippen molar-refractivity contribution in [1.82, 2.24) is 20.5 Å².